The van der Waals surface area contributed by atoms with E-state index in [2.05, 4.69) is 34.7 Å². The van der Waals surface area contributed by atoms with E-state index in [1.54, 1.807) is 25.3 Å². The number of aliphatic hydroxyl groups is 1. The van der Waals surface area contributed by atoms with Gasteiger partial charge in [0.05, 0.1) is 19.4 Å². The molecule has 0 aliphatic heterocycles. The number of benzene rings is 1. The molecule has 3 N–H and O–H groups in total. The maximum Gasteiger partial charge on any atom is 0.191 e. The largest absolute Gasteiger partial charge is 0.466 e. The van der Waals surface area contributed by atoms with E-state index in [9.17, 15) is 5.11 Å². The molecule has 0 amide bonds. The standard InChI is InChI=1S/C18H25N3O2/c1-4-19-17(20-12-15-9-6-5-8-14(15)2)21-13-18(3,22)16-10-7-11-23-16/h5-11,22H,4,12-13H2,1-3H3,(H2,19,20,21). The number of nitrogens with one attached hydrogen (secondary N) is 2. The number of guanidine groups is 1. The van der Waals surface area contributed by atoms with Crippen molar-refractivity contribution in [2.75, 3.05) is 13.1 Å². The first-order valence-electron chi connectivity index (χ1n) is 7.86. The van der Waals surface area contributed by atoms with Crippen molar-refractivity contribution in [2.24, 2.45) is 4.99 Å². The molecule has 1 aromatic carbocycles. The number of hydrogen-bond donors (Lipinski definition) is 3. The van der Waals surface area contributed by atoms with Gasteiger partial charge in [-0.3, -0.25) is 0 Å². The molecule has 0 aliphatic carbocycles. The summed E-state index contributed by atoms with van der Waals surface area (Å²) < 4.78 is 5.29. The molecular weight excluding hydrogens is 290 g/mol. The fourth-order valence-electron chi connectivity index (χ4n) is 2.22. The number of hydrogen-bond acceptors (Lipinski definition) is 3. The van der Waals surface area contributed by atoms with Crippen LogP contribution < -0.4 is 10.6 Å². The van der Waals surface area contributed by atoms with Crippen LogP contribution in [0, 0.1) is 6.92 Å². The Balaban J connectivity index is 2.01. The summed E-state index contributed by atoms with van der Waals surface area (Å²) >= 11 is 0. The Morgan fingerprint density at radius 1 is 1.22 bits per heavy atom. The first kappa shape index (κ1) is 17.1. The summed E-state index contributed by atoms with van der Waals surface area (Å²) in [5, 5.41) is 16.8. The van der Waals surface area contributed by atoms with Gasteiger partial charge in [-0.1, -0.05) is 24.3 Å². The van der Waals surface area contributed by atoms with Gasteiger partial charge in [0, 0.05) is 6.54 Å². The van der Waals surface area contributed by atoms with Crippen LogP contribution in [0.25, 0.3) is 0 Å². The fraction of sp³-hybridized carbons (Fsp3) is 0.389. The van der Waals surface area contributed by atoms with E-state index < -0.39 is 5.60 Å². The summed E-state index contributed by atoms with van der Waals surface area (Å²) in [5.41, 5.74) is 1.31. The highest BCUT2D eigenvalue weighted by Crippen LogP contribution is 2.19. The van der Waals surface area contributed by atoms with Crippen molar-refractivity contribution in [3.8, 4) is 0 Å². The zero-order chi connectivity index (χ0) is 16.7. The lowest BCUT2D eigenvalue weighted by molar-refractivity contribution is 0.0386. The molecule has 1 unspecified atom stereocenters. The third-order valence-electron chi connectivity index (χ3n) is 3.67. The Kier molecular flexibility index (Phi) is 5.82. The second kappa shape index (κ2) is 7.83. The van der Waals surface area contributed by atoms with E-state index in [1.165, 1.54) is 11.1 Å². The van der Waals surface area contributed by atoms with Crippen LogP contribution in [0.15, 0.2) is 52.1 Å². The molecule has 0 fully saturated rings. The molecular formula is C18H25N3O2. The molecule has 23 heavy (non-hydrogen) atoms. The molecule has 5 heteroatoms. The van der Waals surface area contributed by atoms with Gasteiger partial charge in [-0.25, -0.2) is 4.99 Å². The van der Waals surface area contributed by atoms with Crippen LogP contribution in [0.1, 0.15) is 30.7 Å². The molecule has 0 radical (unpaired) electrons. The van der Waals surface area contributed by atoms with Crippen LogP contribution >= 0.6 is 0 Å². The van der Waals surface area contributed by atoms with Gasteiger partial charge in [0.25, 0.3) is 0 Å². The van der Waals surface area contributed by atoms with Crippen molar-refractivity contribution in [2.45, 2.75) is 32.9 Å². The maximum atomic E-state index is 10.5. The molecule has 2 rings (SSSR count). The van der Waals surface area contributed by atoms with Gasteiger partial charge in [-0.05, 0) is 44.0 Å². The van der Waals surface area contributed by atoms with E-state index >= 15 is 0 Å². The first-order valence-corrected chi connectivity index (χ1v) is 7.86. The predicted molar refractivity (Wildman–Crippen MR) is 92.3 cm³/mol. The van der Waals surface area contributed by atoms with Gasteiger partial charge in [0.15, 0.2) is 5.96 Å². The number of aryl methyl sites for hydroxylation is 1. The summed E-state index contributed by atoms with van der Waals surface area (Å²) in [6.07, 6.45) is 1.56. The molecule has 2 aromatic rings. The SMILES string of the molecule is CCNC(=NCc1ccccc1C)NCC(C)(O)c1ccco1. The van der Waals surface area contributed by atoms with Crippen LogP contribution in [0.2, 0.25) is 0 Å². The van der Waals surface area contributed by atoms with Crippen LogP contribution in [0.4, 0.5) is 0 Å². The molecule has 1 heterocycles. The Hall–Kier alpha value is -2.27. The Morgan fingerprint density at radius 3 is 2.65 bits per heavy atom. The molecule has 0 aliphatic rings. The van der Waals surface area contributed by atoms with Gasteiger partial charge in [0.2, 0.25) is 0 Å². The number of rotatable bonds is 6. The highest BCUT2D eigenvalue weighted by atomic mass is 16.4. The highest BCUT2D eigenvalue weighted by Gasteiger charge is 2.26. The molecule has 124 valence electrons. The lowest BCUT2D eigenvalue weighted by Crippen LogP contribution is -2.44. The molecule has 1 aromatic heterocycles. The minimum atomic E-state index is -1.09. The lowest BCUT2D eigenvalue weighted by atomic mass is 10.0. The van der Waals surface area contributed by atoms with Crippen LogP contribution in [-0.2, 0) is 12.1 Å². The van der Waals surface area contributed by atoms with Crippen LogP contribution in [0.3, 0.4) is 0 Å². The van der Waals surface area contributed by atoms with Crippen molar-refractivity contribution >= 4 is 5.96 Å². The summed E-state index contributed by atoms with van der Waals surface area (Å²) in [4.78, 5) is 4.58. The predicted octanol–water partition coefficient (Wildman–Crippen LogP) is 2.55. The minimum Gasteiger partial charge on any atom is -0.466 e. The summed E-state index contributed by atoms with van der Waals surface area (Å²) in [6.45, 7) is 7.44. The van der Waals surface area contributed by atoms with Gasteiger partial charge >= 0.3 is 0 Å². The Labute approximate surface area is 137 Å². The van der Waals surface area contributed by atoms with Gasteiger partial charge < -0.3 is 20.2 Å². The molecule has 0 bridgehead atoms. The normalized spacial score (nSPS) is 14.3. The van der Waals surface area contributed by atoms with E-state index in [-0.39, 0.29) is 0 Å². The second-order valence-electron chi connectivity index (χ2n) is 5.73. The molecule has 0 saturated carbocycles. The molecule has 0 spiro atoms. The molecule has 0 saturated heterocycles. The van der Waals surface area contributed by atoms with Crippen molar-refractivity contribution in [1.82, 2.24) is 10.6 Å². The van der Waals surface area contributed by atoms with E-state index in [1.807, 2.05) is 19.1 Å². The molecule has 5 nitrogen and oxygen atoms in total. The minimum absolute atomic E-state index is 0.306. The van der Waals surface area contributed by atoms with Gasteiger partial charge in [0.1, 0.15) is 11.4 Å². The van der Waals surface area contributed by atoms with Crippen molar-refractivity contribution < 1.29 is 9.52 Å². The quantitative estimate of drug-likeness (QED) is 0.566. The van der Waals surface area contributed by atoms with Crippen LogP contribution in [0.5, 0.6) is 0 Å². The topological polar surface area (TPSA) is 69.8 Å². The first-order chi connectivity index (χ1) is 11.0. The zero-order valence-corrected chi connectivity index (χ0v) is 14.0. The number of nitrogens with zero attached hydrogens (tertiary/aromatic N) is 1. The Bertz CT molecular complexity index is 633. The third-order valence-corrected chi connectivity index (χ3v) is 3.67. The fourth-order valence-corrected chi connectivity index (χ4v) is 2.22. The third kappa shape index (κ3) is 4.86. The summed E-state index contributed by atoms with van der Waals surface area (Å²) in [7, 11) is 0. The molecule has 1 atom stereocenters. The average molecular weight is 315 g/mol. The van der Waals surface area contributed by atoms with Gasteiger partial charge in [-0.2, -0.15) is 0 Å². The smallest absolute Gasteiger partial charge is 0.191 e. The zero-order valence-electron chi connectivity index (χ0n) is 14.0. The van der Waals surface area contributed by atoms with E-state index in [4.69, 9.17) is 4.42 Å². The monoisotopic (exact) mass is 315 g/mol. The van der Waals surface area contributed by atoms with Crippen molar-refractivity contribution in [3.05, 3.63) is 59.5 Å². The number of furan rings is 1. The average Bonchev–Trinajstić information content (AvgIpc) is 3.07. The summed E-state index contributed by atoms with van der Waals surface area (Å²) in [6, 6.07) is 11.7. The summed E-state index contributed by atoms with van der Waals surface area (Å²) in [5.74, 6) is 1.20. The lowest BCUT2D eigenvalue weighted by Gasteiger charge is -2.22. The van der Waals surface area contributed by atoms with Crippen molar-refractivity contribution in [1.29, 1.82) is 0 Å². The van der Waals surface area contributed by atoms with Crippen LogP contribution in [-0.4, -0.2) is 24.2 Å². The second-order valence-corrected chi connectivity index (χ2v) is 5.73. The van der Waals surface area contributed by atoms with E-state index in [0.717, 1.165) is 6.54 Å². The van der Waals surface area contributed by atoms with E-state index in [0.29, 0.717) is 24.8 Å². The maximum absolute atomic E-state index is 10.5. The Morgan fingerprint density at radius 2 is 2.00 bits per heavy atom. The van der Waals surface area contributed by atoms with Gasteiger partial charge in [-0.15, -0.1) is 0 Å². The van der Waals surface area contributed by atoms with Crippen molar-refractivity contribution in [3.63, 3.8) is 0 Å². The number of aliphatic imine (C=N–C) groups is 1. The highest BCUT2D eigenvalue weighted by molar-refractivity contribution is 5.79.